The molecule has 0 atom stereocenters. The van der Waals surface area contributed by atoms with E-state index in [0.29, 0.717) is 42.6 Å². The Kier molecular flexibility index (Phi) is 9.66. The van der Waals surface area contributed by atoms with Crippen molar-refractivity contribution in [3.8, 4) is 0 Å². The molecule has 2 N–H and O–H groups in total. The molecule has 170 valence electrons. The summed E-state index contributed by atoms with van der Waals surface area (Å²) in [6.45, 7) is 3.10. The molecule has 1 aliphatic heterocycles. The average Bonchev–Trinajstić information content (AvgIpc) is 2.74. The van der Waals surface area contributed by atoms with Gasteiger partial charge in [-0.05, 0) is 36.4 Å². The van der Waals surface area contributed by atoms with Gasteiger partial charge in [0.1, 0.15) is 5.82 Å². The molecule has 0 unspecified atom stereocenters. The number of nitrogens with zero attached hydrogens (tertiary/aromatic N) is 3. The monoisotopic (exact) mass is 561 g/mol. The lowest BCUT2D eigenvalue weighted by atomic mass is 10.2. The predicted octanol–water partition coefficient (Wildman–Crippen LogP) is 2.25. The van der Waals surface area contributed by atoms with E-state index in [4.69, 9.17) is 0 Å². The summed E-state index contributed by atoms with van der Waals surface area (Å²) in [6.07, 6.45) is 0. The number of aliphatic imine (C=N–C) groups is 1. The van der Waals surface area contributed by atoms with Gasteiger partial charge in [0.15, 0.2) is 5.96 Å². The van der Waals surface area contributed by atoms with Gasteiger partial charge in [-0.1, -0.05) is 30.3 Å². The second kappa shape index (κ2) is 11.7. The Hall–Kier alpha value is -1.76. The van der Waals surface area contributed by atoms with Crippen molar-refractivity contribution in [2.24, 2.45) is 4.99 Å². The van der Waals surface area contributed by atoms with E-state index < -0.39 is 10.0 Å². The third kappa shape index (κ3) is 6.86. The Bertz CT molecular complexity index is 995. The number of guanidine groups is 1. The Morgan fingerprint density at radius 2 is 1.71 bits per heavy atom. The molecule has 1 aliphatic rings. The number of hydrogen-bond acceptors (Lipinski definition) is 4. The highest BCUT2D eigenvalue weighted by Gasteiger charge is 2.29. The Balaban J connectivity index is 0.00000341. The van der Waals surface area contributed by atoms with Gasteiger partial charge in [0.05, 0.1) is 4.90 Å². The minimum Gasteiger partial charge on any atom is -0.352 e. The lowest BCUT2D eigenvalue weighted by Crippen LogP contribution is -2.47. The van der Waals surface area contributed by atoms with Gasteiger partial charge in [-0.15, -0.1) is 24.0 Å². The summed E-state index contributed by atoms with van der Waals surface area (Å²) in [4.78, 5) is 6.59. The Morgan fingerprint density at radius 3 is 2.39 bits per heavy atom. The molecular weight excluding hydrogens is 532 g/mol. The van der Waals surface area contributed by atoms with Crippen LogP contribution in [0.2, 0.25) is 0 Å². The highest BCUT2D eigenvalue weighted by Crippen LogP contribution is 2.21. The SMILES string of the molecule is CN=C(NCc1cccc(F)c1)NCc1ccccc1S(=O)(=O)N1CCN(C)CC1.I. The minimum atomic E-state index is -3.57. The number of nitrogens with one attached hydrogen (secondary N) is 2. The van der Waals surface area contributed by atoms with Crippen molar-refractivity contribution in [1.82, 2.24) is 19.8 Å². The Labute approximate surface area is 200 Å². The standard InChI is InChI=1S/C21H28FN5O2S.HI/c1-23-21(24-15-17-6-5-8-19(22)14-17)25-16-18-7-3-4-9-20(18)30(28,29)27-12-10-26(2)11-13-27;/h3-9,14H,10-13,15-16H2,1-2H3,(H2,23,24,25);1H. The largest absolute Gasteiger partial charge is 0.352 e. The van der Waals surface area contributed by atoms with E-state index in [1.807, 2.05) is 19.2 Å². The molecule has 0 bridgehead atoms. The van der Waals surface area contributed by atoms with E-state index in [2.05, 4.69) is 20.5 Å². The van der Waals surface area contributed by atoms with E-state index >= 15 is 0 Å². The van der Waals surface area contributed by atoms with Gasteiger partial charge < -0.3 is 15.5 Å². The number of rotatable bonds is 6. The molecule has 3 rings (SSSR count). The summed E-state index contributed by atoms with van der Waals surface area (Å²) in [6, 6.07) is 13.3. The van der Waals surface area contributed by atoms with Crippen LogP contribution >= 0.6 is 24.0 Å². The normalized spacial score (nSPS) is 15.9. The van der Waals surface area contributed by atoms with E-state index in [1.54, 1.807) is 35.6 Å². The summed E-state index contributed by atoms with van der Waals surface area (Å²) in [5.41, 5.74) is 1.46. The van der Waals surface area contributed by atoms with Crippen LogP contribution in [0, 0.1) is 5.82 Å². The number of hydrogen-bond donors (Lipinski definition) is 2. The lowest BCUT2D eigenvalue weighted by molar-refractivity contribution is 0.222. The maximum absolute atomic E-state index is 13.3. The summed E-state index contributed by atoms with van der Waals surface area (Å²) < 4.78 is 41.2. The van der Waals surface area contributed by atoms with E-state index in [0.717, 1.165) is 18.7 Å². The third-order valence-corrected chi connectivity index (χ3v) is 7.07. The number of piperazine rings is 1. The van der Waals surface area contributed by atoms with Crippen LogP contribution in [0.15, 0.2) is 58.4 Å². The first kappa shape index (κ1) is 25.5. The zero-order valence-electron chi connectivity index (χ0n) is 17.7. The van der Waals surface area contributed by atoms with Crippen molar-refractivity contribution in [3.05, 3.63) is 65.5 Å². The molecule has 0 radical (unpaired) electrons. The van der Waals surface area contributed by atoms with Crippen molar-refractivity contribution in [2.45, 2.75) is 18.0 Å². The molecule has 0 saturated carbocycles. The fraction of sp³-hybridized carbons (Fsp3) is 0.381. The molecule has 1 fully saturated rings. The van der Waals surface area contributed by atoms with Gasteiger partial charge in [-0.2, -0.15) is 4.31 Å². The highest BCUT2D eigenvalue weighted by atomic mass is 127. The van der Waals surface area contributed by atoms with Crippen LogP contribution in [0.1, 0.15) is 11.1 Å². The maximum Gasteiger partial charge on any atom is 0.243 e. The first-order valence-corrected chi connectivity index (χ1v) is 11.3. The quantitative estimate of drug-likeness (QED) is 0.322. The minimum absolute atomic E-state index is 0. The molecule has 2 aromatic rings. The summed E-state index contributed by atoms with van der Waals surface area (Å²) in [5.74, 6) is 0.214. The lowest BCUT2D eigenvalue weighted by Gasteiger charge is -2.32. The number of sulfonamides is 1. The molecule has 31 heavy (non-hydrogen) atoms. The first-order valence-electron chi connectivity index (χ1n) is 9.85. The fourth-order valence-electron chi connectivity index (χ4n) is 3.30. The molecular formula is C21H29FIN5O2S. The van der Waals surface area contributed by atoms with E-state index in [9.17, 15) is 12.8 Å². The number of benzene rings is 2. The molecule has 0 aromatic heterocycles. The van der Waals surface area contributed by atoms with Crippen LogP contribution in [-0.2, 0) is 23.1 Å². The molecule has 0 spiro atoms. The predicted molar refractivity (Wildman–Crippen MR) is 132 cm³/mol. The summed E-state index contributed by atoms with van der Waals surface area (Å²) in [5, 5.41) is 6.26. The van der Waals surface area contributed by atoms with Crippen LogP contribution < -0.4 is 10.6 Å². The van der Waals surface area contributed by atoms with Crippen LogP contribution in [0.4, 0.5) is 4.39 Å². The summed E-state index contributed by atoms with van der Waals surface area (Å²) >= 11 is 0. The molecule has 0 amide bonds. The van der Waals surface area contributed by atoms with Crippen molar-refractivity contribution >= 4 is 40.0 Å². The third-order valence-electron chi connectivity index (χ3n) is 5.07. The van der Waals surface area contributed by atoms with Crippen LogP contribution in [0.3, 0.4) is 0 Å². The van der Waals surface area contributed by atoms with Crippen molar-refractivity contribution in [3.63, 3.8) is 0 Å². The average molecular weight is 561 g/mol. The van der Waals surface area contributed by atoms with E-state index in [1.165, 1.54) is 12.1 Å². The van der Waals surface area contributed by atoms with Gasteiger partial charge in [0, 0.05) is 46.3 Å². The van der Waals surface area contributed by atoms with Gasteiger partial charge >= 0.3 is 0 Å². The van der Waals surface area contributed by atoms with E-state index in [-0.39, 0.29) is 29.8 Å². The smallest absolute Gasteiger partial charge is 0.243 e. The van der Waals surface area contributed by atoms with Crippen LogP contribution in [-0.4, -0.2) is 63.9 Å². The van der Waals surface area contributed by atoms with Gasteiger partial charge in [0.2, 0.25) is 10.0 Å². The first-order chi connectivity index (χ1) is 14.4. The van der Waals surface area contributed by atoms with Crippen molar-refractivity contribution in [1.29, 1.82) is 0 Å². The fourth-order valence-corrected chi connectivity index (χ4v) is 4.95. The second-order valence-corrected chi connectivity index (χ2v) is 9.13. The zero-order chi connectivity index (χ0) is 21.6. The van der Waals surface area contributed by atoms with Gasteiger partial charge in [-0.3, -0.25) is 4.99 Å². The maximum atomic E-state index is 13.3. The molecule has 2 aromatic carbocycles. The summed E-state index contributed by atoms with van der Waals surface area (Å²) in [7, 11) is 0.0570. The molecule has 1 heterocycles. The Morgan fingerprint density at radius 1 is 1.03 bits per heavy atom. The van der Waals surface area contributed by atoms with Crippen molar-refractivity contribution < 1.29 is 12.8 Å². The second-order valence-electron chi connectivity index (χ2n) is 7.22. The number of likely N-dealkylation sites (N-methyl/N-ethyl adjacent to an activating group) is 1. The van der Waals surface area contributed by atoms with Crippen molar-refractivity contribution in [2.75, 3.05) is 40.3 Å². The molecule has 0 aliphatic carbocycles. The highest BCUT2D eigenvalue weighted by molar-refractivity contribution is 14.0. The zero-order valence-corrected chi connectivity index (χ0v) is 20.9. The topological polar surface area (TPSA) is 77.0 Å². The molecule has 7 nitrogen and oxygen atoms in total. The van der Waals surface area contributed by atoms with Crippen LogP contribution in [0.5, 0.6) is 0 Å². The van der Waals surface area contributed by atoms with Crippen LogP contribution in [0.25, 0.3) is 0 Å². The van der Waals surface area contributed by atoms with Gasteiger partial charge in [0.25, 0.3) is 0 Å². The van der Waals surface area contributed by atoms with Gasteiger partial charge in [-0.25, -0.2) is 12.8 Å². The number of halogens is 2. The molecule has 10 heteroatoms. The molecule has 1 saturated heterocycles.